The highest BCUT2D eigenvalue weighted by Crippen LogP contribution is 2.17. The van der Waals surface area contributed by atoms with Gasteiger partial charge in [-0.3, -0.25) is 4.98 Å². The number of hydrogen-bond acceptors (Lipinski definition) is 4. The predicted octanol–water partition coefficient (Wildman–Crippen LogP) is 3.19. The topological polar surface area (TPSA) is 43.4 Å². The fourth-order valence-corrected chi connectivity index (χ4v) is 1.86. The van der Waals surface area contributed by atoms with Crippen molar-refractivity contribution in [3.63, 3.8) is 0 Å². The molecule has 0 fully saturated rings. The second-order valence-corrected chi connectivity index (χ2v) is 6.24. The molecule has 0 unspecified atom stereocenters. The zero-order chi connectivity index (χ0) is 15.7. The zero-order valence-corrected chi connectivity index (χ0v) is 14.1. The van der Waals surface area contributed by atoms with Gasteiger partial charge in [-0.25, -0.2) is 0 Å². The first-order valence-electron chi connectivity index (χ1n) is 7.86. The Morgan fingerprint density at radius 1 is 1.10 bits per heavy atom. The largest absolute Gasteiger partial charge is 0.489 e. The zero-order valence-electron chi connectivity index (χ0n) is 14.1. The summed E-state index contributed by atoms with van der Waals surface area (Å²) in [6.45, 7) is 14.3. The lowest BCUT2D eigenvalue weighted by Gasteiger charge is -2.13. The first-order valence-corrected chi connectivity index (χ1v) is 7.86. The molecular formula is C17H30N2O2. The van der Waals surface area contributed by atoms with Crippen LogP contribution in [-0.2, 0) is 11.3 Å². The number of nitrogens with one attached hydrogen (secondary N) is 1. The van der Waals surface area contributed by atoms with Gasteiger partial charge in [0.25, 0.3) is 0 Å². The maximum atomic E-state index is 5.80. The number of pyridine rings is 1. The maximum Gasteiger partial charge on any atom is 0.142 e. The first kappa shape index (κ1) is 17.9. The van der Waals surface area contributed by atoms with E-state index < -0.39 is 0 Å². The van der Waals surface area contributed by atoms with Crippen LogP contribution in [0.1, 0.15) is 39.1 Å². The number of aromatic nitrogens is 1. The van der Waals surface area contributed by atoms with E-state index in [9.17, 15) is 0 Å². The van der Waals surface area contributed by atoms with Crippen molar-refractivity contribution in [2.24, 2.45) is 11.8 Å². The molecule has 0 amide bonds. The molecule has 0 saturated carbocycles. The Kier molecular flexibility index (Phi) is 8.31. The van der Waals surface area contributed by atoms with Gasteiger partial charge in [0.05, 0.1) is 12.3 Å². The second kappa shape index (κ2) is 9.74. The van der Waals surface area contributed by atoms with Crippen molar-refractivity contribution >= 4 is 0 Å². The summed E-state index contributed by atoms with van der Waals surface area (Å²) in [5.41, 5.74) is 1.99. The standard InChI is InChI=1S/C17H30N2O2/c1-13(2)10-18-11-16-17(7-6-15(5)19-16)21-9-8-20-12-14(3)4/h6-7,13-14,18H,8-12H2,1-5H3. The van der Waals surface area contributed by atoms with Crippen LogP contribution >= 0.6 is 0 Å². The van der Waals surface area contributed by atoms with E-state index in [0.717, 1.165) is 36.8 Å². The predicted molar refractivity (Wildman–Crippen MR) is 86.7 cm³/mol. The van der Waals surface area contributed by atoms with Gasteiger partial charge in [-0.05, 0) is 37.4 Å². The summed E-state index contributed by atoms with van der Waals surface area (Å²) < 4.78 is 11.3. The highest BCUT2D eigenvalue weighted by atomic mass is 16.5. The molecular weight excluding hydrogens is 264 g/mol. The molecule has 1 aromatic rings. The van der Waals surface area contributed by atoms with Gasteiger partial charge < -0.3 is 14.8 Å². The van der Waals surface area contributed by atoms with Gasteiger partial charge in [-0.1, -0.05) is 27.7 Å². The fraction of sp³-hybridized carbons (Fsp3) is 0.706. The molecule has 0 saturated heterocycles. The minimum atomic E-state index is 0.557. The molecule has 21 heavy (non-hydrogen) atoms. The molecule has 1 aromatic heterocycles. The van der Waals surface area contributed by atoms with Crippen LogP contribution in [0.4, 0.5) is 0 Å². The molecule has 120 valence electrons. The number of hydrogen-bond donors (Lipinski definition) is 1. The van der Waals surface area contributed by atoms with Crippen LogP contribution in [0, 0.1) is 18.8 Å². The SMILES string of the molecule is Cc1ccc(OCCOCC(C)C)c(CNCC(C)C)n1. The Balaban J connectivity index is 2.44. The quantitative estimate of drug-likeness (QED) is 0.673. The van der Waals surface area contributed by atoms with Crippen LogP contribution in [0.15, 0.2) is 12.1 Å². The summed E-state index contributed by atoms with van der Waals surface area (Å²) in [5, 5.41) is 3.41. The van der Waals surface area contributed by atoms with Gasteiger partial charge in [0.15, 0.2) is 0 Å². The van der Waals surface area contributed by atoms with E-state index in [4.69, 9.17) is 9.47 Å². The summed E-state index contributed by atoms with van der Waals surface area (Å²) in [7, 11) is 0. The molecule has 4 nitrogen and oxygen atoms in total. The third-order valence-corrected chi connectivity index (χ3v) is 2.85. The Labute approximate surface area is 129 Å². The van der Waals surface area contributed by atoms with Crippen molar-refractivity contribution in [2.75, 3.05) is 26.4 Å². The minimum Gasteiger partial charge on any atom is -0.489 e. The van der Waals surface area contributed by atoms with E-state index in [1.165, 1.54) is 0 Å². The van der Waals surface area contributed by atoms with E-state index in [2.05, 4.69) is 38.0 Å². The maximum absolute atomic E-state index is 5.80. The summed E-state index contributed by atoms with van der Waals surface area (Å²) in [5.74, 6) is 2.04. The minimum absolute atomic E-state index is 0.557. The molecule has 0 aliphatic rings. The molecule has 4 heteroatoms. The molecule has 1 heterocycles. The number of aryl methyl sites for hydroxylation is 1. The number of nitrogens with zero attached hydrogens (tertiary/aromatic N) is 1. The molecule has 0 aromatic carbocycles. The highest BCUT2D eigenvalue weighted by Gasteiger charge is 2.06. The van der Waals surface area contributed by atoms with Gasteiger partial charge in [-0.15, -0.1) is 0 Å². The van der Waals surface area contributed by atoms with Crippen molar-refractivity contribution in [1.29, 1.82) is 0 Å². The molecule has 0 aliphatic heterocycles. The van der Waals surface area contributed by atoms with Crippen LogP contribution in [0.2, 0.25) is 0 Å². The van der Waals surface area contributed by atoms with Crippen LogP contribution in [0.25, 0.3) is 0 Å². The Morgan fingerprint density at radius 3 is 2.52 bits per heavy atom. The smallest absolute Gasteiger partial charge is 0.142 e. The normalized spacial score (nSPS) is 11.4. The Morgan fingerprint density at radius 2 is 1.86 bits per heavy atom. The van der Waals surface area contributed by atoms with Crippen LogP contribution in [0.5, 0.6) is 5.75 Å². The van der Waals surface area contributed by atoms with Gasteiger partial charge in [0.2, 0.25) is 0 Å². The lowest BCUT2D eigenvalue weighted by molar-refractivity contribution is 0.0814. The van der Waals surface area contributed by atoms with Crippen molar-refractivity contribution in [3.8, 4) is 5.75 Å². The monoisotopic (exact) mass is 294 g/mol. The van der Waals surface area contributed by atoms with Crippen molar-refractivity contribution < 1.29 is 9.47 Å². The van der Waals surface area contributed by atoms with Crippen LogP contribution in [-0.4, -0.2) is 31.3 Å². The lowest BCUT2D eigenvalue weighted by Crippen LogP contribution is -2.20. The summed E-state index contributed by atoms with van der Waals surface area (Å²) in [6.07, 6.45) is 0. The highest BCUT2D eigenvalue weighted by molar-refractivity contribution is 5.29. The van der Waals surface area contributed by atoms with Gasteiger partial charge in [0, 0.05) is 18.8 Å². The lowest BCUT2D eigenvalue weighted by atomic mass is 10.2. The average molecular weight is 294 g/mol. The molecule has 0 radical (unpaired) electrons. The van der Waals surface area contributed by atoms with E-state index in [1.54, 1.807) is 0 Å². The average Bonchev–Trinajstić information content (AvgIpc) is 2.39. The third-order valence-electron chi connectivity index (χ3n) is 2.85. The third kappa shape index (κ3) is 8.02. The summed E-state index contributed by atoms with van der Waals surface area (Å²) in [6, 6.07) is 3.98. The molecule has 1 rings (SSSR count). The van der Waals surface area contributed by atoms with Gasteiger partial charge >= 0.3 is 0 Å². The first-order chi connectivity index (χ1) is 9.99. The van der Waals surface area contributed by atoms with Gasteiger partial charge in [-0.2, -0.15) is 0 Å². The van der Waals surface area contributed by atoms with E-state index in [-0.39, 0.29) is 0 Å². The van der Waals surface area contributed by atoms with Crippen molar-refractivity contribution in [2.45, 2.75) is 41.2 Å². The van der Waals surface area contributed by atoms with Crippen molar-refractivity contribution in [3.05, 3.63) is 23.5 Å². The molecule has 0 aliphatic carbocycles. The Hall–Kier alpha value is -1.13. The van der Waals surface area contributed by atoms with E-state index >= 15 is 0 Å². The fourth-order valence-electron chi connectivity index (χ4n) is 1.86. The van der Waals surface area contributed by atoms with E-state index in [0.29, 0.717) is 25.0 Å². The van der Waals surface area contributed by atoms with Crippen LogP contribution < -0.4 is 10.1 Å². The summed E-state index contributed by atoms with van der Waals surface area (Å²) >= 11 is 0. The number of rotatable bonds is 10. The van der Waals surface area contributed by atoms with Gasteiger partial charge in [0.1, 0.15) is 12.4 Å². The van der Waals surface area contributed by atoms with Crippen LogP contribution in [0.3, 0.4) is 0 Å². The van der Waals surface area contributed by atoms with E-state index in [1.807, 2.05) is 19.1 Å². The second-order valence-electron chi connectivity index (χ2n) is 6.24. The molecule has 0 bridgehead atoms. The molecule has 1 N–H and O–H groups in total. The number of ether oxygens (including phenoxy) is 2. The molecule has 0 atom stereocenters. The summed E-state index contributed by atoms with van der Waals surface area (Å²) in [4.78, 5) is 4.57. The molecule has 0 spiro atoms. The Bertz CT molecular complexity index is 406. The van der Waals surface area contributed by atoms with Crippen molar-refractivity contribution in [1.82, 2.24) is 10.3 Å².